The fourth-order valence-corrected chi connectivity index (χ4v) is 1.50. The van der Waals surface area contributed by atoms with Crippen molar-refractivity contribution < 1.29 is 9.50 Å². The highest BCUT2D eigenvalue weighted by Crippen LogP contribution is 2.38. The Kier molecular flexibility index (Phi) is 2.19. The Labute approximate surface area is 82.5 Å². The summed E-state index contributed by atoms with van der Waals surface area (Å²) in [4.78, 5) is 0. The summed E-state index contributed by atoms with van der Waals surface area (Å²) in [6.45, 7) is 0. The molecule has 0 aromatic heterocycles. The summed E-state index contributed by atoms with van der Waals surface area (Å²) in [5, 5.41) is 9.04. The van der Waals surface area contributed by atoms with E-state index in [0.29, 0.717) is 6.42 Å². The first-order valence-corrected chi connectivity index (χ1v) is 4.81. The van der Waals surface area contributed by atoms with Crippen LogP contribution in [0.4, 0.5) is 4.39 Å². The van der Waals surface area contributed by atoms with Crippen LogP contribution >= 0.6 is 0 Å². The van der Waals surface area contributed by atoms with E-state index in [0.717, 1.165) is 18.4 Å². The highest BCUT2D eigenvalue weighted by atomic mass is 19.1. The molecule has 0 heterocycles. The fourth-order valence-electron chi connectivity index (χ4n) is 1.50. The van der Waals surface area contributed by atoms with Crippen molar-refractivity contribution in [2.24, 2.45) is 5.73 Å². The van der Waals surface area contributed by atoms with Gasteiger partial charge in [-0.05, 0) is 30.5 Å². The van der Waals surface area contributed by atoms with Crippen molar-refractivity contribution in [3.63, 3.8) is 0 Å². The van der Waals surface area contributed by atoms with Gasteiger partial charge in [0.25, 0.3) is 0 Å². The number of alkyl halides is 1. The molecule has 3 heteroatoms. The van der Waals surface area contributed by atoms with Crippen molar-refractivity contribution in [2.75, 3.05) is 0 Å². The summed E-state index contributed by atoms with van der Waals surface area (Å²) in [5.41, 5.74) is 6.05. The summed E-state index contributed by atoms with van der Waals surface area (Å²) in [6, 6.07) is 6.59. The van der Waals surface area contributed by atoms with Gasteiger partial charge in [0.2, 0.25) is 0 Å². The van der Waals surface area contributed by atoms with Crippen molar-refractivity contribution in [3.05, 3.63) is 29.8 Å². The fraction of sp³-hybridized carbons (Fsp3) is 0.455. The highest BCUT2D eigenvalue weighted by molar-refractivity contribution is 5.27. The summed E-state index contributed by atoms with van der Waals surface area (Å²) in [7, 11) is 0. The van der Waals surface area contributed by atoms with Crippen molar-refractivity contribution >= 4 is 0 Å². The second-order valence-corrected chi connectivity index (χ2v) is 4.07. The third-order valence-corrected chi connectivity index (χ3v) is 2.80. The summed E-state index contributed by atoms with van der Waals surface area (Å²) in [6.07, 6.45) is 0.946. The van der Waals surface area contributed by atoms with Gasteiger partial charge >= 0.3 is 0 Å². The van der Waals surface area contributed by atoms with Crippen molar-refractivity contribution in [1.82, 2.24) is 0 Å². The van der Waals surface area contributed by atoms with Gasteiger partial charge in [0, 0.05) is 12.0 Å². The van der Waals surface area contributed by atoms with E-state index in [-0.39, 0.29) is 5.75 Å². The number of benzene rings is 1. The lowest BCUT2D eigenvalue weighted by atomic mass is 10.0. The zero-order valence-electron chi connectivity index (χ0n) is 7.91. The van der Waals surface area contributed by atoms with E-state index in [4.69, 9.17) is 10.8 Å². The van der Waals surface area contributed by atoms with Crippen LogP contribution in [-0.2, 0) is 6.42 Å². The quantitative estimate of drug-likeness (QED) is 0.772. The van der Waals surface area contributed by atoms with Gasteiger partial charge in [-0.1, -0.05) is 12.1 Å². The van der Waals surface area contributed by atoms with E-state index in [1.165, 1.54) is 0 Å². The molecule has 0 bridgehead atoms. The van der Waals surface area contributed by atoms with Gasteiger partial charge in [0.15, 0.2) is 0 Å². The average molecular weight is 195 g/mol. The molecule has 0 saturated heterocycles. The zero-order chi connectivity index (χ0) is 10.2. The number of rotatable bonds is 3. The summed E-state index contributed by atoms with van der Waals surface area (Å²) < 4.78 is 13.6. The van der Waals surface area contributed by atoms with Gasteiger partial charge in [-0.3, -0.25) is 0 Å². The number of hydrogen-bond acceptors (Lipinski definition) is 2. The van der Waals surface area contributed by atoms with Gasteiger partial charge in [0.1, 0.15) is 11.9 Å². The number of phenolic OH excluding ortho intramolecular Hbond substituents is 1. The Hall–Kier alpha value is -1.09. The summed E-state index contributed by atoms with van der Waals surface area (Å²) >= 11 is 0. The van der Waals surface area contributed by atoms with Crippen molar-refractivity contribution in [3.8, 4) is 5.75 Å². The number of aromatic hydroxyl groups is 1. The third-order valence-electron chi connectivity index (χ3n) is 2.80. The minimum absolute atomic E-state index is 0.207. The molecule has 1 unspecified atom stereocenters. The topological polar surface area (TPSA) is 46.2 Å². The van der Waals surface area contributed by atoms with E-state index in [2.05, 4.69) is 0 Å². The standard InChI is InChI=1S/C11H14FNO/c12-10(11(13)5-6-11)7-8-1-3-9(14)4-2-8/h1-4,10,14H,5-7,13H2. The minimum atomic E-state index is -0.966. The van der Waals surface area contributed by atoms with Crippen LogP contribution in [0, 0.1) is 0 Å². The molecule has 1 atom stereocenters. The molecule has 1 aromatic rings. The number of hydrogen-bond donors (Lipinski definition) is 2. The summed E-state index contributed by atoms with van der Waals surface area (Å²) in [5.74, 6) is 0.207. The van der Waals surface area contributed by atoms with E-state index in [1.54, 1.807) is 24.3 Å². The number of phenols is 1. The van der Waals surface area contributed by atoms with Crippen LogP contribution in [0.2, 0.25) is 0 Å². The number of halogens is 1. The third kappa shape index (κ3) is 1.87. The normalized spacial score (nSPS) is 20.4. The van der Waals surface area contributed by atoms with Crippen LogP contribution in [0.1, 0.15) is 18.4 Å². The van der Waals surface area contributed by atoms with E-state index < -0.39 is 11.7 Å². The second-order valence-electron chi connectivity index (χ2n) is 4.07. The SMILES string of the molecule is NC1(C(F)Cc2ccc(O)cc2)CC1. The first kappa shape index (κ1) is 9.46. The molecule has 1 aliphatic carbocycles. The lowest BCUT2D eigenvalue weighted by Gasteiger charge is -2.14. The lowest BCUT2D eigenvalue weighted by Crippen LogP contribution is -2.35. The molecule has 1 aromatic carbocycles. The molecule has 14 heavy (non-hydrogen) atoms. The van der Waals surface area contributed by atoms with Crippen LogP contribution in [0.5, 0.6) is 5.75 Å². The average Bonchev–Trinajstić information content (AvgIpc) is 2.89. The zero-order valence-corrected chi connectivity index (χ0v) is 7.91. The largest absolute Gasteiger partial charge is 0.508 e. The first-order valence-electron chi connectivity index (χ1n) is 4.81. The molecule has 1 saturated carbocycles. The van der Waals surface area contributed by atoms with Crippen LogP contribution in [-0.4, -0.2) is 16.8 Å². The molecule has 1 fully saturated rings. The van der Waals surface area contributed by atoms with Crippen LogP contribution < -0.4 is 5.73 Å². The van der Waals surface area contributed by atoms with Crippen LogP contribution in [0.3, 0.4) is 0 Å². The van der Waals surface area contributed by atoms with Crippen LogP contribution in [0.15, 0.2) is 24.3 Å². The van der Waals surface area contributed by atoms with Crippen molar-refractivity contribution in [2.45, 2.75) is 31.0 Å². The lowest BCUT2D eigenvalue weighted by molar-refractivity contribution is 0.266. The Morgan fingerprint density at radius 1 is 1.36 bits per heavy atom. The van der Waals surface area contributed by atoms with Gasteiger partial charge in [-0.2, -0.15) is 0 Å². The maximum absolute atomic E-state index is 13.6. The van der Waals surface area contributed by atoms with E-state index in [1.807, 2.05) is 0 Å². The first-order chi connectivity index (χ1) is 6.60. The molecule has 1 aliphatic rings. The molecule has 2 nitrogen and oxygen atoms in total. The molecule has 2 rings (SSSR count). The maximum Gasteiger partial charge on any atom is 0.122 e. The molecule has 3 N–H and O–H groups in total. The maximum atomic E-state index is 13.6. The highest BCUT2D eigenvalue weighted by Gasteiger charge is 2.46. The Bertz CT molecular complexity index is 319. The van der Waals surface area contributed by atoms with Crippen molar-refractivity contribution in [1.29, 1.82) is 0 Å². The Morgan fingerprint density at radius 3 is 2.43 bits per heavy atom. The number of nitrogens with two attached hydrogens (primary N) is 1. The Balaban J connectivity index is 2.00. The molecular formula is C11H14FNO. The van der Waals surface area contributed by atoms with E-state index in [9.17, 15) is 4.39 Å². The predicted octanol–water partition coefficient (Wildman–Crippen LogP) is 1.76. The minimum Gasteiger partial charge on any atom is -0.508 e. The van der Waals surface area contributed by atoms with Gasteiger partial charge < -0.3 is 10.8 Å². The second kappa shape index (κ2) is 3.24. The van der Waals surface area contributed by atoms with Gasteiger partial charge in [-0.25, -0.2) is 4.39 Å². The smallest absolute Gasteiger partial charge is 0.122 e. The molecule has 0 spiro atoms. The van der Waals surface area contributed by atoms with E-state index >= 15 is 0 Å². The molecular weight excluding hydrogens is 181 g/mol. The van der Waals surface area contributed by atoms with Gasteiger partial charge in [-0.15, -0.1) is 0 Å². The molecule has 0 radical (unpaired) electrons. The molecule has 0 aliphatic heterocycles. The molecule has 76 valence electrons. The Morgan fingerprint density at radius 2 is 1.93 bits per heavy atom. The molecule has 0 amide bonds. The van der Waals surface area contributed by atoms with Gasteiger partial charge in [0.05, 0.1) is 0 Å². The monoisotopic (exact) mass is 195 g/mol. The van der Waals surface area contributed by atoms with Crippen LogP contribution in [0.25, 0.3) is 0 Å². The predicted molar refractivity (Wildman–Crippen MR) is 52.9 cm³/mol.